The molecular formula is C21H28N3OS+. The Hall–Kier alpha value is -1.98. The average Bonchev–Trinajstić information content (AvgIpc) is 3.05. The molecular weight excluding hydrogens is 342 g/mol. The summed E-state index contributed by atoms with van der Waals surface area (Å²) >= 11 is 1.50. The number of nitrogens with two attached hydrogens (primary N) is 1. The number of hydrogen-bond acceptors (Lipinski definition) is 3. The molecule has 0 bridgehead atoms. The normalized spacial score (nSPS) is 13.0. The fraction of sp³-hybridized carbons (Fsp3) is 0.429. The van der Waals surface area contributed by atoms with Crippen molar-refractivity contribution in [3.8, 4) is 0 Å². The van der Waals surface area contributed by atoms with Crippen LogP contribution in [0.1, 0.15) is 50.6 Å². The summed E-state index contributed by atoms with van der Waals surface area (Å²) in [6, 6.07) is 11.0. The zero-order chi connectivity index (χ0) is 18.7. The smallest absolute Gasteiger partial charge is 0.258 e. The van der Waals surface area contributed by atoms with Gasteiger partial charge in [0.2, 0.25) is 0 Å². The molecule has 0 aliphatic carbocycles. The van der Waals surface area contributed by atoms with E-state index in [1.807, 2.05) is 5.38 Å². The lowest BCUT2D eigenvalue weighted by atomic mass is 9.93. The van der Waals surface area contributed by atoms with Crippen molar-refractivity contribution < 1.29 is 5.32 Å². The molecule has 2 aromatic heterocycles. The lowest BCUT2D eigenvalue weighted by Gasteiger charge is -2.20. The number of quaternary nitrogens is 1. The Balaban J connectivity index is 1.74. The summed E-state index contributed by atoms with van der Waals surface area (Å²) in [6.45, 7) is 9.69. The van der Waals surface area contributed by atoms with Crippen LogP contribution < -0.4 is 10.9 Å². The minimum atomic E-state index is -0.00112. The van der Waals surface area contributed by atoms with Crippen molar-refractivity contribution in [3.63, 3.8) is 0 Å². The van der Waals surface area contributed by atoms with E-state index in [-0.39, 0.29) is 5.56 Å². The van der Waals surface area contributed by atoms with Gasteiger partial charge in [-0.1, -0.05) is 52.0 Å². The molecule has 0 radical (unpaired) electrons. The molecule has 26 heavy (non-hydrogen) atoms. The second-order valence-electron chi connectivity index (χ2n) is 7.69. The van der Waals surface area contributed by atoms with Gasteiger partial charge in [0.1, 0.15) is 18.3 Å². The van der Waals surface area contributed by atoms with Crippen LogP contribution in [0.3, 0.4) is 0 Å². The SMILES string of the molecule is CC(C)Cc1ccc([C@@H]([NH2+]Cc2cc(=O)n3ccsc3n2)C(C)C)cc1. The van der Waals surface area contributed by atoms with Gasteiger partial charge >= 0.3 is 0 Å². The zero-order valence-electron chi connectivity index (χ0n) is 16.0. The molecule has 1 atom stereocenters. The number of hydrogen-bond donors (Lipinski definition) is 1. The first kappa shape index (κ1) is 18.8. The van der Waals surface area contributed by atoms with Crippen LogP contribution >= 0.6 is 11.3 Å². The molecule has 0 fully saturated rings. The number of benzene rings is 1. The number of fused-ring (bicyclic) bond motifs is 1. The summed E-state index contributed by atoms with van der Waals surface area (Å²) < 4.78 is 1.60. The molecule has 5 heteroatoms. The summed E-state index contributed by atoms with van der Waals surface area (Å²) in [5.41, 5.74) is 3.57. The first-order chi connectivity index (χ1) is 12.4. The van der Waals surface area contributed by atoms with E-state index >= 15 is 0 Å². The molecule has 2 N–H and O–H groups in total. The van der Waals surface area contributed by atoms with Crippen LogP contribution in [0.4, 0.5) is 0 Å². The Morgan fingerprint density at radius 3 is 2.54 bits per heavy atom. The van der Waals surface area contributed by atoms with Crippen molar-refractivity contribution in [2.45, 2.75) is 46.7 Å². The van der Waals surface area contributed by atoms with Gasteiger partial charge in [0.25, 0.3) is 5.56 Å². The predicted octanol–water partition coefficient (Wildman–Crippen LogP) is 3.42. The average molecular weight is 371 g/mol. The van der Waals surface area contributed by atoms with Gasteiger partial charge in [0, 0.05) is 29.1 Å². The first-order valence-electron chi connectivity index (χ1n) is 9.32. The van der Waals surface area contributed by atoms with Gasteiger partial charge in [-0.25, -0.2) is 4.98 Å². The van der Waals surface area contributed by atoms with Gasteiger partial charge in [0.15, 0.2) is 4.96 Å². The highest BCUT2D eigenvalue weighted by Gasteiger charge is 2.19. The standard InChI is InChI=1S/C21H27N3OS/c1-14(2)11-16-5-7-17(8-6-16)20(15(3)4)22-13-18-12-19(25)24-9-10-26-21(24)23-18/h5-10,12,14-15,20,22H,11,13H2,1-4H3/p+1/t20-/m0/s1. The lowest BCUT2D eigenvalue weighted by molar-refractivity contribution is -0.717. The van der Waals surface area contributed by atoms with Gasteiger partial charge in [0.05, 0.1) is 0 Å². The predicted molar refractivity (Wildman–Crippen MR) is 108 cm³/mol. The van der Waals surface area contributed by atoms with Gasteiger partial charge in [-0.2, -0.15) is 0 Å². The molecule has 1 aromatic carbocycles. The minimum absolute atomic E-state index is 0.00112. The third kappa shape index (κ3) is 4.40. The summed E-state index contributed by atoms with van der Waals surface area (Å²) in [6.07, 6.45) is 2.89. The van der Waals surface area contributed by atoms with E-state index in [4.69, 9.17) is 0 Å². The third-order valence-electron chi connectivity index (χ3n) is 4.66. The fourth-order valence-electron chi connectivity index (χ4n) is 3.38. The molecule has 2 heterocycles. The summed E-state index contributed by atoms with van der Waals surface area (Å²) in [5.74, 6) is 1.17. The molecule has 3 rings (SSSR count). The molecule has 0 saturated heterocycles. The van der Waals surface area contributed by atoms with Gasteiger partial charge in [-0.05, 0) is 17.9 Å². The maximum atomic E-state index is 12.2. The molecule has 0 aliphatic rings. The second kappa shape index (κ2) is 8.14. The van der Waals surface area contributed by atoms with Crippen LogP contribution in [0.25, 0.3) is 4.96 Å². The topological polar surface area (TPSA) is 51.0 Å². The first-order valence-corrected chi connectivity index (χ1v) is 10.2. The van der Waals surface area contributed by atoms with Crippen LogP contribution in [-0.2, 0) is 13.0 Å². The van der Waals surface area contributed by atoms with E-state index in [9.17, 15) is 4.79 Å². The Bertz CT molecular complexity index is 909. The lowest BCUT2D eigenvalue weighted by Crippen LogP contribution is -2.84. The molecule has 0 amide bonds. The van der Waals surface area contributed by atoms with Gasteiger partial charge < -0.3 is 5.32 Å². The quantitative estimate of drug-likeness (QED) is 0.693. The van der Waals surface area contributed by atoms with E-state index in [1.165, 1.54) is 22.5 Å². The van der Waals surface area contributed by atoms with E-state index < -0.39 is 0 Å². The Labute approximate surface area is 158 Å². The Morgan fingerprint density at radius 2 is 1.88 bits per heavy atom. The van der Waals surface area contributed by atoms with Gasteiger partial charge in [-0.3, -0.25) is 9.20 Å². The third-order valence-corrected chi connectivity index (χ3v) is 5.42. The monoisotopic (exact) mass is 370 g/mol. The van der Waals surface area contributed by atoms with Crippen LogP contribution in [0.5, 0.6) is 0 Å². The van der Waals surface area contributed by atoms with E-state index in [1.54, 1.807) is 16.7 Å². The van der Waals surface area contributed by atoms with Crippen LogP contribution in [0.15, 0.2) is 46.7 Å². The van der Waals surface area contributed by atoms with Gasteiger partial charge in [-0.15, -0.1) is 11.3 Å². The maximum absolute atomic E-state index is 12.2. The molecule has 0 aliphatic heterocycles. The van der Waals surface area contributed by atoms with Crippen LogP contribution in [-0.4, -0.2) is 9.38 Å². The highest BCUT2D eigenvalue weighted by atomic mass is 32.1. The molecule has 0 unspecified atom stereocenters. The number of thiazole rings is 1. The summed E-state index contributed by atoms with van der Waals surface area (Å²) in [7, 11) is 0. The zero-order valence-corrected chi connectivity index (χ0v) is 16.8. The fourth-order valence-corrected chi connectivity index (χ4v) is 4.12. The molecule has 0 saturated carbocycles. The minimum Gasteiger partial charge on any atom is -0.335 e. The summed E-state index contributed by atoms with van der Waals surface area (Å²) in [4.78, 5) is 17.5. The number of nitrogens with zero attached hydrogens (tertiary/aromatic N) is 2. The largest absolute Gasteiger partial charge is 0.335 e. The van der Waals surface area contributed by atoms with Crippen molar-refractivity contribution in [1.82, 2.24) is 9.38 Å². The highest BCUT2D eigenvalue weighted by Crippen LogP contribution is 2.19. The van der Waals surface area contributed by atoms with E-state index in [0.29, 0.717) is 24.4 Å². The van der Waals surface area contributed by atoms with Crippen molar-refractivity contribution in [1.29, 1.82) is 0 Å². The molecule has 4 nitrogen and oxygen atoms in total. The Kier molecular flexibility index (Phi) is 5.89. The van der Waals surface area contributed by atoms with Crippen LogP contribution in [0, 0.1) is 11.8 Å². The van der Waals surface area contributed by atoms with Crippen molar-refractivity contribution in [2.24, 2.45) is 11.8 Å². The number of rotatable bonds is 7. The van der Waals surface area contributed by atoms with E-state index in [0.717, 1.165) is 17.1 Å². The van der Waals surface area contributed by atoms with Crippen LogP contribution in [0.2, 0.25) is 0 Å². The van der Waals surface area contributed by atoms with Crippen molar-refractivity contribution in [3.05, 3.63) is 69.1 Å². The number of aromatic nitrogens is 2. The highest BCUT2D eigenvalue weighted by molar-refractivity contribution is 7.15. The van der Waals surface area contributed by atoms with E-state index in [2.05, 4.69) is 62.3 Å². The summed E-state index contributed by atoms with van der Waals surface area (Å²) in [5, 5.41) is 4.20. The van der Waals surface area contributed by atoms with Crippen molar-refractivity contribution in [2.75, 3.05) is 0 Å². The molecule has 3 aromatic rings. The molecule has 0 spiro atoms. The maximum Gasteiger partial charge on any atom is 0.258 e. The van der Waals surface area contributed by atoms with Crippen molar-refractivity contribution >= 4 is 16.3 Å². The molecule has 138 valence electrons. The Morgan fingerprint density at radius 1 is 1.15 bits per heavy atom. The second-order valence-corrected chi connectivity index (χ2v) is 8.56.